The number of nitrogens with one attached hydrogen (secondary N) is 1. The number of aliphatic hydroxyl groups is 1. The van der Waals surface area contributed by atoms with Crippen LogP contribution in [0, 0.1) is 0 Å². The molecule has 0 radical (unpaired) electrons. The van der Waals surface area contributed by atoms with Crippen molar-refractivity contribution in [3.63, 3.8) is 0 Å². The summed E-state index contributed by atoms with van der Waals surface area (Å²) >= 11 is 0. The minimum absolute atomic E-state index is 0.108. The fraction of sp³-hybridized carbons (Fsp3) is 0.316. The zero-order chi connectivity index (χ0) is 15.6. The summed E-state index contributed by atoms with van der Waals surface area (Å²) in [6.45, 7) is 0. The summed E-state index contributed by atoms with van der Waals surface area (Å²) in [4.78, 5) is 12.0. The molecular formula is C19H21NO2. The molecule has 0 bridgehead atoms. The van der Waals surface area contributed by atoms with Crippen LogP contribution in [0.15, 0.2) is 48.5 Å². The summed E-state index contributed by atoms with van der Waals surface area (Å²) < 4.78 is 0. The van der Waals surface area contributed by atoms with E-state index in [0.29, 0.717) is 12.0 Å². The van der Waals surface area contributed by atoms with Gasteiger partial charge in [0, 0.05) is 19.0 Å². The Labute approximate surface area is 131 Å². The molecule has 22 heavy (non-hydrogen) atoms. The summed E-state index contributed by atoms with van der Waals surface area (Å²) in [5.41, 5.74) is 2.86. The Kier molecular flexibility index (Phi) is 3.99. The topological polar surface area (TPSA) is 49.3 Å². The Balaban J connectivity index is 1.99. The predicted octanol–water partition coefficient (Wildman–Crippen LogP) is 2.81. The molecule has 0 aromatic heterocycles. The molecule has 2 aromatic rings. The van der Waals surface area contributed by atoms with Gasteiger partial charge in [-0.25, -0.2) is 0 Å². The number of fused-ring (bicyclic) bond motifs is 1. The number of hydrogen-bond acceptors (Lipinski definition) is 2. The minimum atomic E-state index is -0.890. The zero-order valence-corrected chi connectivity index (χ0v) is 12.8. The van der Waals surface area contributed by atoms with Crippen LogP contribution in [0.2, 0.25) is 0 Å². The highest BCUT2D eigenvalue weighted by molar-refractivity contribution is 5.95. The van der Waals surface area contributed by atoms with Gasteiger partial charge in [-0.15, -0.1) is 0 Å². The smallest absolute Gasteiger partial charge is 0.251 e. The molecule has 1 aliphatic rings. The first-order valence-electron chi connectivity index (χ1n) is 7.75. The lowest BCUT2D eigenvalue weighted by Crippen LogP contribution is -2.34. The van der Waals surface area contributed by atoms with E-state index in [1.165, 1.54) is 5.56 Å². The number of rotatable bonds is 3. The lowest BCUT2D eigenvalue weighted by Gasteiger charge is -2.35. The first-order chi connectivity index (χ1) is 10.6. The second-order valence-electron chi connectivity index (χ2n) is 5.96. The van der Waals surface area contributed by atoms with Crippen molar-refractivity contribution in [1.82, 2.24) is 5.32 Å². The second-order valence-corrected chi connectivity index (χ2v) is 5.96. The first-order valence-corrected chi connectivity index (χ1v) is 7.75. The van der Waals surface area contributed by atoms with E-state index in [0.717, 1.165) is 30.4 Å². The molecule has 0 saturated heterocycles. The summed E-state index contributed by atoms with van der Waals surface area (Å²) in [7, 11) is 1.63. The highest BCUT2D eigenvalue weighted by Gasteiger charge is 2.35. The number of carbonyl (C=O) groups is 1. The first kappa shape index (κ1) is 14.8. The molecule has 0 spiro atoms. The van der Waals surface area contributed by atoms with Crippen molar-refractivity contribution in [2.75, 3.05) is 7.05 Å². The Bertz CT molecular complexity index is 695. The minimum Gasteiger partial charge on any atom is -0.385 e. The second kappa shape index (κ2) is 5.93. The summed E-state index contributed by atoms with van der Waals surface area (Å²) in [6.07, 6.45) is 3.17. The molecule has 2 N–H and O–H groups in total. The van der Waals surface area contributed by atoms with Crippen molar-refractivity contribution in [3.05, 3.63) is 70.8 Å². The monoisotopic (exact) mass is 295 g/mol. The van der Waals surface area contributed by atoms with E-state index in [-0.39, 0.29) is 5.91 Å². The van der Waals surface area contributed by atoms with Crippen molar-refractivity contribution in [3.8, 4) is 0 Å². The van der Waals surface area contributed by atoms with Crippen LogP contribution < -0.4 is 5.32 Å². The van der Waals surface area contributed by atoms with Crippen LogP contribution in [-0.2, 0) is 18.4 Å². The van der Waals surface area contributed by atoms with Crippen LogP contribution in [-0.4, -0.2) is 18.1 Å². The van der Waals surface area contributed by atoms with E-state index in [9.17, 15) is 9.90 Å². The Morgan fingerprint density at radius 3 is 2.73 bits per heavy atom. The number of benzene rings is 2. The molecule has 114 valence electrons. The van der Waals surface area contributed by atoms with Crippen molar-refractivity contribution < 1.29 is 9.90 Å². The molecule has 0 saturated carbocycles. The van der Waals surface area contributed by atoms with E-state index in [1.54, 1.807) is 7.05 Å². The fourth-order valence-corrected chi connectivity index (χ4v) is 3.43. The van der Waals surface area contributed by atoms with E-state index in [2.05, 4.69) is 11.4 Å². The third-order valence-corrected chi connectivity index (χ3v) is 4.53. The van der Waals surface area contributed by atoms with Gasteiger partial charge in [-0.3, -0.25) is 4.79 Å². The molecule has 1 amide bonds. The predicted molar refractivity (Wildman–Crippen MR) is 86.8 cm³/mol. The molecular weight excluding hydrogens is 274 g/mol. The maximum Gasteiger partial charge on any atom is 0.251 e. The third kappa shape index (κ3) is 2.64. The van der Waals surface area contributed by atoms with Gasteiger partial charge in [-0.05, 0) is 42.0 Å². The van der Waals surface area contributed by atoms with Crippen molar-refractivity contribution >= 4 is 5.91 Å². The summed E-state index contributed by atoms with van der Waals surface area (Å²) in [5, 5.41) is 13.9. The quantitative estimate of drug-likeness (QED) is 0.915. The summed E-state index contributed by atoms with van der Waals surface area (Å²) in [5.74, 6) is -0.108. The third-order valence-electron chi connectivity index (χ3n) is 4.53. The van der Waals surface area contributed by atoms with Gasteiger partial charge in [-0.2, -0.15) is 0 Å². The van der Waals surface area contributed by atoms with Crippen molar-refractivity contribution in [1.29, 1.82) is 0 Å². The van der Waals surface area contributed by atoms with Crippen molar-refractivity contribution in [2.45, 2.75) is 31.3 Å². The van der Waals surface area contributed by atoms with Crippen LogP contribution in [0.3, 0.4) is 0 Å². The number of aryl methyl sites for hydroxylation is 1. The molecule has 2 aromatic carbocycles. The van der Waals surface area contributed by atoms with Crippen molar-refractivity contribution in [2.24, 2.45) is 0 Å². The Morgan fingerprint density at radius 1 is 1.18 bits per heavy atom. The standard InChI is InChI=1S/C19H21NO2/c1-20-18(21)16-10-4-2-8-15(16)13-19(22)12-6-9-14-7-3-5-11-17(14)19/h2-5,7-8,10-11,22H,6,9,12-13H2,1H3,(H,20,21)/t19-/m0/s1. The van der Waals surface area contributed by atoms with Crippen LogP contribution in [0.5, 0.6) is 0 Å². The molecule has 3 rings (SSSR count). The highest BCUT2D eigenvalue weighted by Crippen LogP contribution is 2.38. The molecule has 3 nitrogen and oxygen atoms in total. The maximum atomic E-state index is 12.0. The zero-order valence-electron chi connectivity index (χ0n) is 12.8. The number of amides is 1. The number of hydrogen-bond donors (Lipinski definition) is 2. The average Bonchev–Trinajstić information content (AvgIpc) is 2.55. The maximum absolute atomic E-state index is 12.0. The molecule has 3 heteroatoms. The normalized spacial score (nSPS) is 20.3. The molecule has 1 atom stereocenters. The van der Waals surface area contributed by atoms with Gasteiger partial charge in [0.05, 0.1) is 5.60 Å². The van der Waals surface area contributed by atoms with E-state index < -0.39 is 5.60 Å². The lowest BCUT2D eigenvalue weighted by atomic mass is 9.75. The fourth-order valence-electron chi connectivity index (χ4n) is 3.43. The van der Waals surface area contributed by atoms with Gasteiger partial charge >= 0.3 is 0 Å². The van der Waals surface area contributed by atoms with E-state index in [1.807, 2.05) is 42.5 Å². The van der Waals surface area contributed by atoms with E-state index in [4.69, 9.17) is 0 Å². The van der Waals surface area contributed by atoms with Gasteiger partial charge in [0.25, 0.3) is 5.91 Å². The lowest BCUT2D eigenvalue weighted by molar-refractivity contribution is 0.0189. The van der Waals surface area contributed by atoms with Crippen LogP contribution in [0.25, 0.3) is 0 Å². The molecule has 0 fully saturated rings. The average molecular weight is 295 g/mol. The van der Waals surface area contributed by atoms with Crippen LogP contribution in [0.4, 0.5) is 0 Å². The largest absolute Gasteiger partial charge is 0.385 e. The number of carbonyl (C=O) groups excluding carboxylic acids is 1. The molecule has 0 heterocycles. The van der Waals surface area contributed by atoms with E-state index >= 15 is 0 Å². The van der Waals surface area contributed by atoms with Gasteiger partial charge in [0.2, 0.25) is 0 Å². The van der Waals surface area contributed by atoms with Gasteiger partial charge in [-0.1, -0.05) is 42.5 Å². The highest BCUT2D eigenvalue weighted by atomic mass is 16.3. The Morgan fingerprint density at radius 2 is 1.91 bits per heavy atom. The van der Waals surface area contributed by atoms with Gasteiger partial charge in [0.1, 0.15) is 0 Å². The van der Waals surface area contributed by atoms with Gasteiger partial charge < -0.3 is 10.4 Å². The molecule has 0 aliphatic heterocycles. The molecule has 1 aliphatic carbocycles. The van der Waals surface area contributed by atoms with Crippen LogP contribution >= 0.6 is 0 Å². The SMILES string of the molecule is CNC(=O)c1ccccc1C[C@@]1(O)CCCc2ccccc21. The molecule has 0 unspecified atom stereocenters. The Hall–Kier alpha value is -2.13. The van der Waals surface area contributed by atoms with Gasteiger partial charge in [0.15, 0.2) is 0 Å². The summed E-state index contributed by atoms with van der Waals surface area (Å²) in [6, 6.07) is 15.6. The van der Waals surface area contributed by atoms with Crippen LogP contribution in [0.1, 0.15) is 39.9 Å².